The van der Waals surface area contributed by atoms with Crippen LogP contribution in [0.3, 0.4) is 0 Å². The molecule has 1 amide bonds. The Kier molecular flexibility index (Phi) is 7.74. The van der Waals surface area contributed by atoms with Gasteiger partial charge in [0, 0.05) is 11.8 Å². The molecule has 30 heavy (non-hydrogen) atoms. The van der Waals surface area contributed by atoms with Crippen LogP contribution in [0, 0.1) is 0 Å². The van der Waals surface area contributed by atoms with Crippen molar-refractivity contribution in [1.29, 1.82) is 0 Å². The number of hydrogen-bond acceptors (Lipinski definition) is 5. The topological polar surface area (TPSA) is 82.4 Å². The molecule has 2 rings (SSSR count). The lowest BCUT2D eigenvalue weighted by molar-refractivity contribution is -0.0556. The van der Waals surface area contributed by atoms with E-state index in [1.807, 2.05) is 13.0 Å². The van der Waals surface area contributed by atoms with Gasteiger partial charge in [-0.1, -0.05) is 39.0 Å². The number of nitrogens with one attached hydrogen (secondary N) is 1. The summed E-state index contributed by atoms with van der Waals surface area (Å²) >= 11 is 0. The summed E-state index contributed by atoms with van der Waals surface area (Å²) in [6.45, 7) is 15.1. The first-order valence-corrected chi connectivity index (χ1v) is 13.1. The van der Waals surface area contributed by atoms with Crippen molar-refractivity contribution in [2.24, 2.45) is 0 Å². The first-order valence-electron chi connectivity index (χ1n) is 10.2. The lowest BCUT2D eigenvalue weighted by Gasteiger charge is -2.37. The average molecular weight is 432 g/mol. The molecule has 0 fully saturated rings. The number of nitrogens with zero attached hydrogens (tertiary/aromatic N) is 2. The molecule has 0 radical (unpaired) electrons. The number of aromatic nitrogens is 2. The minimum absolute atomic E-state index is 0.124. The summed E-state index contributed by atoms with van der Waals surface area (Å²) in [6, 6.07) is 10.3. The second kappa shape index (κ2) is 9.68. The molecule has 164 valence electrons. The van der Waals surface area contributed by atoms with Gasteiger partial charge in [-0.3, -0.25) is 9.36 Å². The number of rotatable bonds is 8. The molecule has 1 aromatic carbocycles. The predicted octanol–water partition coefficient (Wildman–Crippen LogP) is 4.44. The summed E-state index contributed by atoms with van der Waals surface area (Å²) in [4.78, 5) is 28.6. The number of carbonyl (C=O) groups excluding carboxylic acids is 1. The summed E-state index contributed by atoms with van der Waals surface area (Å²) in [5.74, 6) is -0.118. The van der Waals surface area contributed by atoms with Crippen molar-refractivity contribution in [1.82, 2.24) is 9.55 Å². The molecule has 7 nitrogen and oxygen atoms in total. The van der Waals surface area contributed by atoms with Gasteiger partial charge in [-0.05, 0) is 50.2 Å². The van der Waals surface area contributed by atoms with Gasteiger partial charge in [0.25, 0.3) is 5.91 Å². The van der Waals surface area contributed by atoms with Crippen LogP contribution in [-0.2, 0) is 9.16 Å². The lowest BCUT2D eigenvalue weighted by Crippen LogP contribution is -2.43. The molecule has 1 unspecified atom stereocenters. The maximum Gasteiger partial charge on any atom is 0.351 e. The Hall–Kier alpha value is -2.29. The highest BCUT2D eigenvalue weighted by Crippen LogP contribution is 2.36. The number of anilines is 1. The van der Waals surface area contributed by atoms with Gasteiger partial charge in [0.05, 0.1) is 12.7 Å². The van der Waals surface area contributed by atoms with E-state index in [0.29, 0.717) is 12.2 Å². The fourth-order valence-electron chi connectivity index (χ4n) is 2.52. The number of amides is 1. The molecule has 0 saturated heterocycles. The van der Waals surface area contributed by atoms with E-state index in [0.717, 1.165) is 0 Å². The first kappa shape index (κ1) is 24.0. The van der Waals surface area contributed by atoms with Crippen molar-refractivity contribution >= 4 is 20.0 Å². The van der Waals surface area contributed by atoms with Crippen molar-refractivity contribution in [3.8, 4) is 0 Å². The van der Waals surface area contributed by atoms with Gasteiger partial charge >= 0.3 is 5.69 Å². The summed E-state index contributed by atoms with van der Waals surface area (Å²) in [5.41, 5.74) is 0.00149. The van der Waals surface area contributed by atoms with Gasteiger partial charge in [0.2, 0.25) is 0 Å². The van der Waals surface area contributed by atoms with Crippen LogP contribution in [-0.4, -0.2) is 36.5 Å². The van der Waals surface area contributed by atoms with E-state index in [2.05, 4.69) is 44.2 Å². The molecule has 1 N–H and O–H groups in total. The highest BCUT2D eigenvalue weighted by Gasteiger charge is 2.37. The van der Waals surface area contributed by atoms with E-state index in [1.165, 1.54) is 4.57 Å². The van der Waals surface area contributed by atoms with Crippen LogP contribution in [0.25, 0.3) is 0 Å². The van der Waals surface area contributed by atoms with E-state index < -0.39 is 20.2 Å². The molecule has 2 aromatic rings. The highest BCUT2D eigenvalue weighted by atomic mass is 28.4. The minimum atomic E-state index is -1.86. The third-order valence-corrected chi connectivity index (χ3v) is 9.91. The molecule has 1 aromatic heterocycles. The molecular weight excluding hydrogens is 398 g/mol. The molecule has 0 bridgehead atoms. The summed E-state index contributed by atoms with van der Waals surface area (Å²) in [7, 11) is -1.86. The normalized spacial score (nSPS) is 14.2. The van der Waals surface area contributed by atoms with Crippen molar-refractivity contribution in [2.75, 3.05) is 11.9 Å². The maximum absolute atomic E-state index is 12.4. The van der Waals surface area contributed by atoms with Crippen molar-refractivity contribution in [2.45, 2.75) is 65.1 Å². The second-order valence-corrected chi connectivity index (χ2v) is 13.7. The Balaban J connectivity index is 1.97. The van der Waals surface area contributed by atoms with Crippen LogP contribution in [0.1, 0.15) is 51.2 Å². The Morgan fingerprint density at radius 1 is 1.17 bits per heavy atom. The van der Waals surface area contributed by atoms with E-state index in [9.17, 15) is 9.59 Å². The minimum Gasteiger partial charge on any atom is -0.414 e. The summed E-state index contributed by atoms with van der Waals surface area (Å²) in [5, 5.41) is 2.76. The number of benzene rings is 1. The SMILES string of the molecule is CC(O[C@@H](C)CO[Si](C)(C)C(C)(C)C)n1ccc(NC(=O)c2ccccc2)nc1=O. The van der Waals surface area contributed by atoms with Crippen molar-refractivity contribution < 1.29 is 14.0 Å². The standard InChI is InChI=1S/C22H33N3O4Si/c1-16(15-28-30(6,7)22(3,4)5)29-17(2)25-14-13-19(24-21(25)27)23-20(26)18-11-9-8-10-12-18/h8-14,16-17H,15H2,1-7H3,(H,23,24,26,27)/t16-,17?/m0/s1. The highest BCUT2D eigenvalue weighted by molar-refractivity contribution is 6.74. The zero-order valence-corrected chi connectivity index (χ0v) is 19.9. The maximum atomic E-state index is 12.4. The number of hydrogen-bond donors (Lipinski definition) is 1. The summed E-state index contributed by atoms with van der Waals surface area (Å²) in [6.07, 6.45) is 0.877. The van der Waals surface area contributed by atoms with Crippen LogP contribution in [0.15, 0.2) is 47.4 Å². The van der Waals surface area contributed by atoms with E-state index >= 15 is 0 Å². The van der Waals surface area contributed by atoms with Gasteiger partial charge < -0.3 is 14.5 Å². The van der Waals surface area contributed by atoms with Gasteiger partial charge in [-0.25, -0.2) is 4.79 Å². The second-order valence-electron chi connectivity index (χ2n) is 8.94. The fourth-order valence-corrected chi connectivity index (χ4v) is 3.60. The quantitative estimate of drug-likeness (QED) is 0.625. The average Bonchev–Trinajstić information content (AvgIpc) is 2.66. The third kappa shape index (κ3) is 6.35. The van der Waals surface area contributed by atoms with Crippen LogP contribution in [0.2, 0.25) is 18.1 Å². The molecule has 0 aliphatic heterocycles. The molecule has 0 saturated carbocycles. The van der Waals surface area contributed by atoms with Crippen LogP contribution in [0.5, 0.6) is 0 Å². The Morgan fingerprint density at radius 3 is 2.37 bits per heavy atom. The van der Waals surface area contributed by atoms with Gasteiger partial charge in [0.1, 0.15) is 12.0 Å². The number of ether oxygens (including phenoxy) is 1. The fraction of sp³-hybridized carbons (Fsp3) is 0.500. The van der Waals surface area contributed by atoms with Gasteiger partial charge in [0.15, 0.2) is 8.32 Å². The monoisotopic (exact) mass is 431 g/mol. The Labute approximate surface area is 179 Å². The Morgan fingerprint density at radius 2 is 1.80 bits per heavy atom. The first-order chi connectivity index (χ1) is 13.9. The molecule has 0 spiro atoms. The molecule has 0 aliphatic carbocycles. The smallest absolute Gasteiger partial charge is 0.351 e. The predicted molar refractivity (Wildman–Crippen MR) is 121 cm³/mol. The van der Waals surface area contributed by atoms with Gasteiger partial charge in [-0.2, -0.15) is 4.98 Å². The lowest BCUT2D eigenvalue weighted by atomic mass is 10.2. The van der Waals surface area contributed by atoms with Gasteiger partial charge in [-0.15, -0.1) is 0 Å². The van der Waals surface area contributed by atoms with Crippen LogP contribution >= 0.6 is 0 Å². The molecule has 1 heterocycles. The third-order valence-electron chi connectivity index (χ3n) is 5.41. The zero-order chi connectivity index (χ0) is 22.5. The number of carbonyl (C=O) groups is 1. The Bertz CT molecular complexity index is 907. The van der Waals surface area contributed by atoms with Crippen molar-refractivity contribution in [3.05, 3.63) is 58.6 Å². The molecular formula is C22H33N3O4Si. The van der Waals surface area contributed by atoms with Crippen LogP contribution < -0.4 is 11.0 Å². The van der Waals surface area contributed by atoms with Crippen LogP contribution in [0.4, 0.5) is 5.82 Å². The molecule has 0 aliphatic rings. The summed E-state index contributed by atoms with van der Waals surface area (Å²) < 4.78 is 13.5. The molecule has 8 heteroatoms. The van der Waals surface area contributed by atoms with Crippen molar-refractivity contribution in [3.63, 3.8) is 0 Å². The van der Waals surface area contributed by atoms with E-state index in [4.69, 9.17) is 9.16 Å². The molecule has 2 atom stereocenters. The zero-order valence-electron chi connectivity index (χ0n) is 18.9. The van der Waals surface area contributed by atoms with E-state index in [1.54, 1.807) is 43.5 Å². The largest absolute Gasteiger partial charge is 0.414 e. The van der Waals surface area contributed by atoms with E-state index in [-0.39, 0.29) is 22.9 Å².